The third kappa shape index (κ3) is 4.46. The van der Waals surface area contributed by atoms with Crippen LogP contribution in [0.3, 0.4) is 0 Å². The first-order valence-corrected chi connectivity index (χ1v) is 11.3. The maximum absolute atomic E-state index is 5.79. The van der Waals surface area contributed by atoms with E-state index < -0.39 is 0 Å². The minimum Gasteiger partial charge on any atom is -0.500 e. The number of aryl methyl sites for hydroxylation is 1. The predicted octanol–water partition coefficient (Wildman–Crippen LogP) is 4.53. The van der Waals surface area contributed by atoms with Gasteiger partial charge in [-0.05, 0) is 67.1 Å². The van der Waals surface area contributed by atoms with Crippen molar-refractivity contribution in [3.05, 3.63) is 89.8 Å². The maximum atomic E-state index is 5.79. The highest BCUT2D eigenvalue weighted by Gasteiger charge is 2.19. The topological polar surface area (TPSA) is 59.0 Å². The number of aromatic nitrogens is 4. The van der Waals surface area contributed by atoms with Crippen molar-refractivity contribution in [2.45, 2.75) is 25.7 Å². The van der Waals surface area contributed by atoms with E-state index in [1.807, 2.05) is 11.7 Å². The SMILES string of the molecule is COC1=C(Cc2ccccc2)CCN(CCCc2c[nH]c3ccc(-n4cnnc4)cc23)C1. The molecule has 2 aromatic carbocycles. The van der Waals surface area contributed by atoms with E-state index in [4.69, 9.17) is 4.74 Å². The summed E-state index contributed by atoms with van der Waals surface area (Å²) in [6, 6.07) is 17.1. The number of H-pyrrole nitrogens is 1. The van der Waals surface area contributed by atoms with Gasteiger partial charge in [-0.15, -0.1) is 10.2 Å². The molecule has 4 aromatic rings. The molecule has 1 aliphatic heterocycles. The fourth-order valence-corrected chi connectivity index (χ4v) is 4.62. The molecular weight excluding hydrogens is 398 g/mol. The molecule has 0 fully saturated rings. The number of nitrogens with zero attached hydrogens (tertiary/aromatic N) is 4. The number of methoxy groups -OCH3 is 1. The van der Waals surface area contributed by atoms with Crippen LogP contribution in [0.2, 0.25) is 0 Å². The van der Waals surface area contributed by atoms with Crippen LogP contribution in [0.25, 0.3) is 16.6 Å². The fraction of sp³-hybridized carbons (Fsp3) is 0.308. The lowest BCUT2D eigenvalue weighted by molar-refractivity contribution is 0.190. The zero-order valence-electron chi connectivity index (χ0n) is 18.5. The Morgan fingerprint density at radius 3 is 2.72 bits per heavy atom. The fourth-order valence-electron chi connectivity index (χ4n) is 4.62. The van der Waals surface area contributed by atoms with Gasteiger partial charge in [-0.25, -0.2) is 0 Å². The summed E-state index contributed by atoms with van der Waals surface area (Å²) in [6.07, 6.45) is 9.85. The molecule has 0 atom stereocenters. The molecule has 0 amide bonds. The molecular formula is C26H29N5O. The summed E-state index contributed by atoms with van der Waals surface area (Å²) in [6.45, 7) is 3.08. The van der Waals surface area contributed by atoms with Crippen LogP contribution in [0.15, 0.2) is 78.7 Å². The lowest BCUT2D eigenvalue weighted by Crippen LogP contribution is -2.33. The van der Waals surface area contributed by atoms with Crippen molar-refractivity contribution in [2.24, 2.45) is 0 Å². The van der Waals surface area contributed by atoms with E-state index in [0.717, 1.165) is 56.8 Å². The second-order valence-corrected chi connectivity index (χ2v) is 8.44. The maximum Gasteiger partial charge on any atom is 0.123 e. The Balaban J connectivity index is 1.21. The molecule has 0 unspecified atom stereocenters. The number of rotatable bonds is 8. The van der Waals surface area contributed by atoms with Crippen molar-refractivity contribution in [1.82, 2.24) is 24.6 Å². The van der Waals surface area contributed by atoms with Crippen molar-refractivity contribution in [2.75, 3.05) is 26.7 Å². The van der Waals surface area contributed by atoms with Crippen LogP contribution in [-0.2, 0) is 17.6 Å². The van der Waals surface area contributed by atoms with Crippen molar-refractivity contribution in [3.8, 4) is 5.69 Å². The van der Waals surface area contributed by atoms with E-state index in [-0.39, 0.29) is 0 Å². The minimum absolute atomic E-state index is 0.907. The van der Waals surface area contributed by atoms with Gasteiger partial charge in [-0.3, -0.25) is 9.47 Å². The number of fused-ring (bicyclic) bond motifs is 1. The molecule has 0 saturated carbocycles. The normalized spacial score (nSPS) is 14.9. The third-order valence-corrected chi connectivity index (χ3v) is 6.39. The lowest BCUT2D eigenvalue weighted by atomic mass is 9.98. The highest BCUT2D eigenvalue weighted by Crippen LogP contribution is 2.25. The first-order valence-electron chi connectivity index (χ1n) is 11.3. The van der Waals surface area contributed by atoms with Crippen molar-refractivity contribution in [1.29, 1.82) is 0 Å². The van der Waals surface area contributed by atoms with Gasteiger partial charge in [0.2, 0.25) is 0 Å². The molecule has 0 aliphatic carbocycles. The molecule has 1 N–H and O–H groups in total. The molecule has 3 heterocycles. The Hall–Kier alpha value is -3.38. The lowest BCUT2D eigenvalue weighted by Gasteiger charge is -2.30. The Bertz CT molecular complexity index is 1190. The Morgan fingerprint density at radius 1 is 1.06 bits per heavy atom. The van der Waals surface area contributed by atoms with Crippen LogP contribution >= 0.6 is 0 Å². The Morgan fingerprint density at radius 2 is 1.91 bits per heavy atom. The summed E-state index contributed by atoms with van der Waals surface area (Å²) in [5.41, 5.74) is 6.41. The van der Waals surface area contributed by atoms with Crippen LogP contribution in [0.4, 0.5) is 0 Å². The van der Waals surface area contributed by atoms with Crippen LogP contribution in [0.1, 0.15) is 24.0 Å². The zero-order chi connectivity index (χ0) is 21.8. The predicted molar refractivity (Wildman–Crippen MR) is 127 cm³/mol. The van der Waals surface area contributed by atoms with Gasteiger partial charge in [0.1, 0.15) is 18.4 Å². The van der Waals surface area contributed by atoms with E-state index in [2.05, 4.69) is 74.8 Å². The van der Waals surface area contributed by atoms with Gasteiger partial charge in [0.25, 0.3) is 0 Å². The number of nitrogens with one attached hydrogen (secondary N) is 1. The van der Waals surface area contributed by atoms with Gasteiger partial charge in [0.15, 0.2) is 0 Å². The van der Waals surface area contributed by atoms with Gasteiger partial charge in [0.05, 0.1) is 13.7 Å². The third-order valence-electron chi connectivity index (χ3n) is 6.39. The Labute approximate surface area is 188 Å². The number of benzene rings is 2. The summed E-state index contributed by atoms with van der Waals surface area (Å²) in [5, 5.41) is 9.11. The van der Waals surface area contributed by atoms with Crippen LogP contribution in [0, 0.1) is 0 Å². The van der Waals surface area contributed by atoms with Crippen LogP contribution in [-0.4, -0.2) is 51.4 Å². The van der Waals surface area contributed by atoms with E-state index in [9.17, 15) is 0 Å². The molecule has 5 rings (SSSR count). The van der Waals surface area contributed by atoms with Gasteiger partial charge in [-0.2, -0.15) is 0 Å². The summed E-state index contributed by atoms with van der Waals surface area (Å²) >= 11 is 0. The van der Waals surface area contributed by atoms with Crippen molar-refractivity contribution >= 4 is 10.9 Å². The molecule has 2 aromatic heterocycles. The first-order chi connectivity index (χ1) is 15.8. The molecule has 6 heteroatoms. The molecule has 0 radical (unpaired) electrons. The highest BCUT2D eigenvalue weighted by atomic mass is 16.5. The van der Waals surface area contributed by atoms with Gasteiger partial charge in [0, 0.05) is 29.3 Å². The van der Waals surface area contributed by atoms with Crippen molar-refractivity contribution < 1.29 is 4.74 Å². The minimum atomic E-state index is 0.907. The average Bonchev–Trinajstić information content (AvgIpc) is 3.51. The summed E-state index contributed by atoms with van der Waals surface area (Å²) in [5.74, 6) is 1.14. The van der Waals surface area contributed by atoms with E-state index in [1.165, 1.54) is 27.6 Å². The number of hydrogen-bond donors (Lipinski definition) is 1. The monoisotopic (exact) mass is 427 g/mol. The second kappa shape index (κ2) is 9.40. The van der Waals surface area contributed by atoms with Crippen molar-refractivity contribution in [3.63, 3.8) is 0 Å². The van der Waals surface area contributed by atoms with Crippen LogP contribution < -0.4 is 0 Å². The molecule has 164 valence electrons. The molecule has 0 spiro atoms. The summed E-state index contributed by atoms with van der Waals surface area (Å²) in [4.78, 5) is 5.93. The molecule has 6 nitrogen and oxygen atoms in total. The largest absolute Gasteiger partial charge is 0.500 e. The zero-order valence-corrected chi connectivity index (χ0v) is 18.5. The molecule has 0 bridgehead atoms. The van der Waals surface area contributed by atoms with Gasteiger partial charge in [-0.1, -0.05) is 30.3 Å². The van der Waals surface area contributed by atoms with Crippen LogP contribution in [0.5, 0.6) is 0 Å². The number of ether oxygens (including phenoxy) is 1. The van der Waals surface area contributed by atoms with Gasteiger partial charge >= 0.3 is 0 Å². The number of hydrogen-bond acceptors (Lipinski definition) is 4. The standard InChI is InChI=1S/C26H29N5O/c1-32-26-17-30(13-11-21(26)14-20-6-3-2-4-7-20)12-5-8-22-16-27-25-10-9-23(15-24(22)25)31-18-28-29-19-31/h2-4,6-7,9-10,15-16,18-19,27H,5,8,11-14,17H2,1H3. The highest BCUT2D eigenvalue weighted by molar-refractivity contribution is 5.85. The second-order valence-electron chi connectivity index (χ2n) is 8.44. The smallest absolute Gasteiger partial charge is 0.123 e. The number of aromatic amines is 1. The quantitative estimate of drug-likeness (QED) is 0.449. The van der Waals surface area contributed by atoms with E-state index in [0.29, 0.717) is 0 Å². The summed E-state index contributed by atoms with van der Waals surface area (Å²) in [7, 11) is 1.81. The first kappa shape index (κ1) is 20.5. The van der Waals surface area contributed by atoms with E-state index >= 15 is 0 Å². The molecule has 0 saturated heterocycles. The van der Waals surface area contributed by atoms with Gasteiger partial charge < -0.3 is 9.72 Å². The van der Waals surface area contributed by atoms with E-state index in [1.54, 1.807) is 12.7 Å². The molecule has 32 heavy (non-hydrogen) atoms. The molecule has 1 aliphatic rings. The average molecular weight is 428 g/mol. The summed E-state index contributed by atoms with van der Waals surface area (Å²) < 4.78 is 7.73. The Kier molecular flexibility index (Phi) is 6.03.